The summed E-state index contributed by atoms with van der Waals surface area (Å²) in [6.07, 6.45) is 1.49. The number of hydrogen-bond acceptors (Lipinski definition) is 4. The van der Waals surface area contributed by atoms with Gasteiger partial charge in [0.1, 0.15) is 0 Å². The van der Waals surface area contributed by atoms with Crippen LogP contribution in [-0.2, 0) is 16.2 Å². The molecule has 3 heterocycles. The molecular weight excluding hydrogens is 408 g/mol. The Morgan fingerprint density at radius 1 is 1.06 bits per heavy atom. The second kappa shape index (κ2) is 7.02. The third kappa shape index (κ3) is 3.00. The zero-order valence-electron chi connectivity index (χ0n) is 17.8. The van der Waals surface area contributed by atoms with Gasteiger partial charge < -0.3 is 14.2 Å². The second-order valence-corrected chi connectivity index (χ2v) is 10.6. The minimum absolute atomic E-state index is 0.0764. The van der Waals surface area contributed by atoms with E-state index in [-0.39, 0.29) is 22.3 Å². The lowest BCUT2D eigenvalue weighted by Crippen LogP contribution is -2.50. The van der Waals surface area contributed by atoms with Crippen LogP contribution in [0.2, 0.25) is 0 Å². The Morgan fingerprint density at radius 2 is 1.81 bits per heavy atom. The Morgan fingerprint density at radius 3 is 2.55 bits per heavy atom. The van der Waals surface area contributed by atoms with Crippen molar-refractivity contribution in [1.82, 2.24) is 4.90 Å². The highest BCUT2D eigenvalue weighted by molar-refractivity contribution is 8.02. The number of hydrogen-bond donors (Lipinski definition) is 0. The molecule has 1 unspecified atom stereocenters. The first kappa shape index (κ1) is 19.9. The van der Waals surface area contributed by atoms with Gasteiger partial charge in [0.05, 0.1) is 18.5 Å². The van der Waals surface area contributed by atoms with E-state index in [1.165, 1.54) is 6.26 Å². The maximum atomic E-state index is 14.2. The molecule has 3 aromatic rings. The standard InChI is InChI=1S/C25H24N2O3S/c1-17-9-4-5-10-18(17)15-26-20-12-7-6-11-19(20)25(23(26)29)27(16-24(2,3)31-25)22(28)21-13-8-14-30-21/h4-14H,15-16H2,1-3H3. The number of nitrogens with zero attached hydrogens (tertiary/aromatic N) is 2. The fourth-order valence-corrected chi connectivity index (χ4v) is 6.34. The number of para-hydroxylation sites is 1. The third-order valence-electron chi connectivity index (χ3n) is 6.00. The van der Waals surface area contributed by atoms with Gasteiger partial charge in [0.2, 0.25) is 0 Å². The minimum Gasteiger partial charge on any atom is -0.459 e. The summed E-state index contributed by atoms with van der Waals surface area (Å²) in [5.41, 5.74) is 3.95. The van der Waals surface area contributed by atoms with E-state index < -0.39 is 4.87 Å². The molecule has 2 aromatic carbocycles. The highest BCUT2D eigenvalue weighted by atomic mass is 32.2. The molecule has 2 aliphatic rings. The van der Waals surface area contributed by atoms with Crippen LogP contribution in [0.1, 0.15) is 41.1 Å². The van der Waals surface area contributed by atoms with E-state index in [2.05, 4.69) is 26.8 Å². The van der Waals surface area contributed by atoms with Crippen LogP contribution in [-0.4, -0.2) is 28.0 Å². The van der Waals surface area contributed by atoms with Crippen molar-refractivity contribution >= 4 is 29.3 Å². The molecule has 158 valence electrons. The van der Waals surface area contributed by atoms with Gasteiger partial charge in [-0.25, -0.2) is 0 Å². The lowest BCUT2D eigenvalue weighted by atomic mass is 10.0. The quantitative estimate of drug-likeness (QED) is 0.587. The molecule has 2 amide bonds. The van der Waals surface area contributed by atoms with Gasteiger partial charge in [-0.15, -0.1) is 11.8 Å². The van der Waals surface area contributed by atoms with Crippen molar-refractivity contribution in [3.63, 3.8) is 0 Å². The molecule has 6 heteroatoms. The van der Waals surface area contributed by atoms with E-state index in [1.54, 1.807) is 28.8 Å². The van der Waals surface area contributed by atoms with Gasteiger partial charge >= 0.3 is 0 Å². The maximum Gasteiger partial charge on any atom is 0.291 e. The number of carbonyl (C=O) groups is 2. The normalized spacial score (nSPS) is 21.7. The molecule has 0 radical (unpaired) electrons. The summed E-state index contributed by atoms with van der Waals surface area (Å²) in [5.74, 6) is -0.0864. The molecule has 1 atom stereocenters. The van der Waals surface area contributed by atoms with Crippen molar-refractivity contribution in [2.75, 3.05) is 11.4 Å². The molecule has 5 nitrogen and oxygen atoms in total. The second-order valence-electron chi connectivity index (χ2n) is 8.71. The Kier molecular flexibility index (Phi) is 4.52. The molecule has 5 rings (SSSR count). The van der Waals surface area contributed by atoms with Crippen LogP contribution in [0.5, 0.6) is 0 Å². The van der Waals surface area contributed by atoms with Crippen molar-refractivity contribution in [2.24, 2.45) is 0 Å². The summed E-state index contributed by atoms with van der Waals surface area (Å²) in [6.45, 7) is 7.13. The Balaban J connectivity index is 1.64. The molecular formula is C25H24N2O3S. The zero-order valence-corrected chi connectivity index (χ0v) is 18.6. The minimum atomic E-state index is -1.10. The monoisotopic (exact) mass is 432 g/mol. The number of carbonyl (C=O) groups excluding carboxylic acids is 2. The third-order valence-corrected chi connectivity index (χ3v) is 7.60. The first-order valence-corrected chi connectivity index (χ1v) is 11.2. The summed E-state index contributed by atoms with van der Waals surface area (Å²) in [5, 5.41) is 0. The van der Waals surface area contributed by atoms with Crippen LogP contribution in [0.15, 0.2) is 71.3 Å². The lowest BCUT2D eigenvalue weighted by molar-refractivity contribution is -0.123. The highest BCUT2D eigenvalue weighted by Crippen LogP contribution is 2.60. The van der Waals surface area contributed by atoms with Crippen molar-refractivity contribution in [1.29, 1.82) is 0 Å². The van der Waals surface area contributed by atoms with Crippen LogP contribution in [0.3, 0.4) is 0 Å². The van der Waals surface area contributed by atoms with Gasteiger partial charge in [0, 0.05) is 16.9 Å². The highest BCUT2D eigenvalue weighted by Gasteiger charge is 2.63. The predicted octanol–water partition coefficient (Wildman–Crippen LogP) is 4.96. The van der Waals surface area contributed by atoms with Crippen molar-refractivity contribution in [3.8, 4) is 0 Å². The summed E-state index contributed by atoms with van der Waals surface area (Å²) in [6, 6.07) is 19.3. The van der Waals surface area contributed by atoms with E-state index in [1.807, 2.05) is 47.4 Å². The van der Waals surface area contributed by atoms with Crippen LogP contribution in [0.4, 0.5) is 5.69 Å². The molecule has 0 bridgehead atoms. The smallest absolute Gasteiger partial charge is 0.291 e. The van der Waals surface area contributed by atoms with Crippen molar-refractivity contribution in [3.05, 3.63) is 89.4 Å². The molecule has 1 fully saturated rings. The lowest BCUT2D eigenvalue weighted by Gasteiger charge is -2.32. The van der Waals surface area contributed by atoms with Crippen molar-refractivity contribution < 1.29 is 14.0 Å². The molecule has 0 N–H and O–H groups in total. The van der Waals surface area contributed by atoms with Crippen LogP contribution in [0, 0.1) is 6.92 Å². The first-order chi connectivity index (χ1) is 14.8. The van der Waals surface area contributed by atoms with Crippen molar-refractivity contribution in [2.45, 2.75) is 36.9 Å². The summed E-state index contributed by atoms with van der Waals surface area (Å²) in [4.78, 5) is 30.1. The fraction of sp³-hybridized carbons (Fsp3) is 0.280. The largest absolute Gasteiger partial charge is 0.459 e. The number of furan rings is 1. The molecule has 1 aromatic heterocycles. The topological polar surface area (TPSA) is 53.8 Å². The van der Waals surface area contributed by atoms with E-state index in [4.69, 9.17) is 4.42 Å². The number of amides is 2. The van der Waals surface area contributed by atoms with Gasteiger partial charge in [-0.1, -0.05) is 42.5 Å². The molecule has 1 spiro atoms. The van der Waals surface area contributed by atoms with E-state index in [0.29, 0.717) is 13.1 Å². The predicted molar refractivity (Wildman–Crippen MR) is 122 cm³/mol. The first-order valence-electron chi connectivity index (χ1n) is 10.4. The molecule has 0 aliphatic carbocycles. The van der Waals surface area contributed by atoms with E-state index in [9.17, 15) is 9.59 Å². The molecule has 1 saturated heterocycles. The number of rotatable bonds is 3. The van der Waals surface area contributed by atoms with Crippen LogP contribution < -0.4 is 4.90 Å². The number of anilines is 1. The molecule has 2 aliphatic heterocycles. The van der Waals surface area contributed by atoms with Gasteiger partial charge in [0.15, 0.2) is 10.6 Å². The Bertz CT molecular complexity index is 1170. The Labute approximate surface area is 186 Å². The van der Waals surface area contributed by atoms with Crippen LogP contribution >= 0.6 is 11.8 Å². The van der Waals surface area contributed by atoms with Gasteiger partial charge in [0.25, 0.3) is 11.8 Å². The van der Waals surface area contributed by atoms with Crippen LogP contribution in [0.25, 0.3) is 0 Å². The van der Waals surface area contributed by atoms with Gasteiger partial charge in [-0.3, -0.25) is 9.59 Å². The Hall–Kier alpha value is -2.99. The zero-order chi connectivity index (χ0) is 21.8. The van der Waals surface area contributed by atoms with E-state index >= 15 is 0 Å². The number of thioether (sulfide) groups is 1. The summed E-state index contributed by atoms with van der Waals surface area (Å²) < 4.78 is 5.13. The fourth-order valence-electron chi connectivity index (χ4n) is 4.60. The summed E-state index contributed by atoms with van der Waals surface area (Å²) in [7, 11) is 0. The molecule has 0 saturated carbocycles. The summed E-state index contributed by atoms with van der Waals surface area (Å²) >= 11 is 1.55. The van der Waals surface area contributed by atoms with Gasteiger partial charge in [-0.2, -0.15) is 0 Å². The molecule has 31 heavy (non-hydrogen) atoms. The maximum absolute atomic E-state index is 14.2. The average molecular weight is 433 g/mol. The number of fused-ring (bicyclic) bond motifs is 2. The number of aryl methyl sites for hydroxylation is 1. The number of benzene rings is 2. The SMILES string of the molecule is Cc1ccccc1CN1C(=O)C2(SC(C)(C)CN2C(=O)c2ccco2)c2ccccc21. The average Bonchev–Trinajstić information content (AvgIpc) is 3.43. The van der Waals surface area contributed by atoms with E-state index in [0.717, 1.165) is 22.4 Å². The van der Waals surface area contributed by atoms with Gasteiger partial charge in [-0.05, 0) is 50.1 Å².